The molecule has 3 aromatic rings. The Labute approximate surface area is 181 Å². The summed E-state index contributed by atoms with van der Waals surface area (Å²) >= 11 is 0. The van der Waals surface area contributed by atoms with Gasteiger partial charge in [0.05, 0.1) is 12.5 Å². The number of halogens is 3. The number of alkyl halides is 3. The molecule has 1 aliphatic heterocycles. The monoisotopic (exact) mass is 438 g/mol. The fraction of sp³-hybridized carbons (Fsp3) is 0.182. The van der Waals surface area contributed by atoms with E-state index in [1.165, 1.54) is 0 Å². The van der Waals surface area contributed by atoms with E-state index in [1.54, 1.807) is 42.5 Å². The number of nitrogens with one attached hydrogen (secondary N) is 3. The minimum Gasteiger partial charge on any atom is -0.340 e. The van der Waals surface area contributed by atoms with E-state index in [9.17, 15) is 18.0 Å². The van der Waals surface area contributed by atoms with Crippen LogP contribution in [0.5, 0.6) is 0 Å². The Balaban J connectivity index is 1.63. The van der Waals surface area contributed by atoms with Gasteiger partial charge in [0.15, 0.2) is 0 Å². The van der Waals surface area contributed by atoms with Crippen LogP contribution in [0.4, 0.5) is 42.0 Å². The number of carbonyl (C=O) groups is 1. The lowest BCUT2D eigenvalue weighted by atomic mass is 10.0. The van der Waals surface area contributed by atoms with Gasteiger partial charge < -0.3 is 16.0 Å². The minimum atomic E-state index is -4.66. The van der Waals surface area contributed by atoms with Crippen molar-refractivity contribution in [1.82, 2.24) is 9.97 Å². The highest BCUT2D eigenvalue weighted by Gasteiger charge is 2.35. The number of hydrogen-bond acceptors (Lipinski definition) is 6. The average molecular weight is 438 g/mol. The lowest BCUT2D eigenvalue weighted by Gasteiger charge is -2.18. The van der Waals surface area contributed by atoms with Crippen LogP contribution in [0.3, 0.4) is 0 Å². The van der Waals surface area contributed by atoms with Crippen molar-refractivity contribution in [2.45, 2.75) is 25.4 Å². The maximum absolute atomic E-state index is 13.5. The summed E-state index contributed by atoms with van der Waals surface area (Å²) in [5, 5.41) is 17.2. The second kappa shape index (κ2) is 8.55. The standard InChI is InChI=1S/C22H17F3N6O/c23-22(24,25)17-12-27-21(29-16-5-6-18-14(11-16)4-7-19(32)30-18)31-20(17)28-15-3-1-2-13(10-15)8-9-26/h1-3,5-6,10-12H,4,7-8H2,(H,30,32)(H2,27,28,29,31). The minimum absolute atomic E-state index is 0.0199. The number of carbonyl (C=O) groups excluding carboxylic acids is 1. The fourth-order valence-electron chi connectivity index (χ4n) is 3.32. The maximum atomic E-state index is 13.5. The Kier molecular flexibility index (Phi) is 5.64. The van der Waals surface area contributed by atoms with Gasteiger partial charge in [0, 0.05) is 29.7 Å². The number of aryl methyl sites for hydroxylation is 1. The van der Waals surface area contributed by atoms with Gasteiger partial charge in [-0.15, -0.1) is 0 Å². The first-order valence-electron chi connectivity index (χ1n) is 9.69. The normalized spacial score (nSPS) is 13.0. The molecule has 0 unspecified atom stereocenters. The zero-order chi connectivity index (χ0) is 22.7. The van der Waals surface area contributed by atoms with Crippen LogP contribution in [0, 0.1) is 11.3 Å². The van der Waals surface area contributed by atoms with Gasteiger partial charge in [-0.05, 0) is 47.9 Å². The quantitative estimate of drug-likeness (QED) is 0.522. The summed E-state index contributed by atoms with van der Waals surface area (Å²) in [6, 6.07) is 13.8. The lowest BCUT2D eigenvalue weighted by Crippen LogP contribution is -2.18. The number of aromatic nitrogens is 2. The molecule has 0 aliphatic carbocycles. The van der Waals surface area contributed by atoms with Gasteiger partial charge in [-0.1, -0.05) is 12.1 Å². The van der Waals surface area contributed by atoms with E-state index in [4.69, 9.17) is 5.26 Å². The molecule has 32 heavy (non-hydrogen) atoms. The van der Waals surface area contributed by atoms with E-state index in [1.807, 2.05) is 6.07 Å². The Bertz CT molecular complexity index is 1220. The van der Waals surface area contributed by atoms with Gasteiger partial charge in [0.1, 0.15) is 11.4 Å². The van der Waals surface area contributed by atoms with E-state index < -0.39 is 17.6 Å². The summed E-state index contributed by atoms with van der Waals surface area (Å²) < 4.78 is 40.5. The Hall–Kier alpha value is -4.13. The van der Waals surface area contributed by atoms with Crippen molar-refractivity contribution in [2.24, 2.45) is 0 Å². The summed E-state index contributed by atoms with van der Waals surface area (Å²) in [5.74, 6) is -0.485. The number of anilines is 5. The topological polar surface area (TPSA) is 103 Å². The Morgan fingerprint density at radius 2 is 1.91 bits per heavy atom. The van der Waals surface area contributed by atoms with Crippen molar-refractivity contribution >= 4 is 34.7 Å². The number of nitriles is 1. The van der Waals surface area contributed by atoms with E-state index in [-0.39, 0.29) is 18.3 Å². The van der Waals surface area contributed by atoms with Crippen LogP contribution < -0.4 is 16.0 Å². The molecule has 1 aliphatic rings. The third kappa shape index (κ3) is 4.78. The van der Waals surface area contributed by atoms with Crippen LogP contribution in [0.25, 0.3) is 0 Å². The first kappa shape index (κ1) is 21.1. The van der Waals surface area contributed by atoms with Gasteiger partial charge in [-0.2, -0.15) is 23.4 Å². The number of nitrogens with zero attached hydrogens (tertiary/aromatic N) is 3. The van der Waals surface area contributed by atoms with Crippen LogP contribution in [-0.2, 0) is 23.8 Å². The van der Waals surface area contributed by atoms with Crippen LogP contribution in [0.15, 0.2) is 48.7 Å². The second-order valence-electron chi connectivity index (χ2n) is 7.16. The number of rotatable bonds is 5. The molecule has 0 saturated carbocycles. The van der Waals surface area contributed by atoms with Crippen molar-refractivity contribution in [1.29, 1.82) is 5.26 Å². The molecule has 0 saturated heterocycles. The molecule has 10 heteroatoms. The summed E-state index contributed by atoms with van der Waals surface area (Å²) in [6.45, 7) is 0. The molecule has 7 nitrogen and oxygen atoms in total. The fourth-order valence-corrected chi connectivity index (χ4v) is 3.32. The predicted molar refractivity (Wildman–Crippen MR) is 113 cm³/mol. The van der Waals surface area contributed by atoms with Crippen LogP contribution in [0.2, 0.25) is 0 Å². The summed E-state index contributed by atoms with van der Waals surface area (Å²) in [7, 11) is 0. The molecule has 2 aromatic carbocycles. The van der Waals surface area contributed by atoms with Crippen molar-refractivity contribution < 1.29 is 18.0 Å². The molecule has 1 amide bonds. The molecule has 162 valence electrons. The van der Waals surface area contributed by atoms with Crippen molar-refractivity contribution in [2.75, 3.05) is 16.0 Å². The third-order valence-corrected chi connectivity index (χ3v) is 4.82. The van der Waals surface area contributed by atoms with Crippen molar-refractivity contribution in [3.05, 3.63) is 65.4 Å². The number of benzene rings is 2. The highest BCUT2D eigenvalue weighted by atomic mass is 19.4. The molecule has 0 spiro atoms. The molecule has 3 N–H and O–H groups in total. The highest BCUT2D eigenvalue weighted by molar-refractivity contribution is 5.94. The SMILES string of the molecule is N#CCc1cccc(Nc2nc(Nc3ccc4c(c3)CCC(=O)N4)ncc2C(F)(F)F)c1. The molecule has 4 rings (SSSR count). The highest BCUT2D eigenvalue weighted by Crippen LogP contribution is 2.35. The van der Waals surface area contributed by atoms with E-state index in [0.717, 1.165) is 11.8 Å². The molecular weight excluding hydrogens is 421 g/mol. The van der Waals surface area contributed by atoms with Gasteiger partial charge in [0.25, 0.3) is 0 Å². The first-order chi connectivity index (χ1) is 15.3. The Morgan fingerprint density at radius 1 is 1.09 bits per heavy atom. The van der Waals surface area contributed by atoms with Gasteiger partial charge in [-0.25, -0.2) is 4.98 Å². The lowest BCUT2D eigenvalue weighted by molar-refractivity contribution is -0.137. The largest absolute Gasteiger partial charge is 0.421 e. The Morgan fingerprint density at radius 3 is 2.69 bits per heavy atom. The maximum Gasteiger partial charge on any atom is 0.421 e. The zero-order valence-corrected chi connectivity index (χ0v) is 16.6. The summed E-state index contributed by atoms with van der Waals surface area (Å²) in [5.41, 5.74) is 2.23. The average Bonchev–Trinajstić information content (AvgIpc) is 2.74. The van der Waals surface area contributed by atoms with Gasteiger partial charge in [-0.3, -0.25) is 4.79 Å². The van der Waals surface area contributed by atoms with Crippen LogP contribution in [-0.4, -0.2) is 15.9 Å². The molecule has 2 heterocycles. The van der Waals surface area contributed by atoms with E-state index in [2.05, 4.69) is 25.9 Å². The van der Waals surface area contributed by atoms with Crippen molar-refractivity contribution in [3.63, 3.8) is 0 Å². The molecule has 0 fully saturated rings. The predicted octanol–water partition coefficient (Wildman–Crippen LogP) is 4.93. The van der Waals surface area contributed by atoms with Crippen LogP contribution in [0.1, 0.15) is 23.1 Å². The van der Waals surface area contributed by atoms with Crippen LogP contribution >= 0.6 is 0 Å². The molecule has 0 atom stereocenters. The molecule has 0 bridgehead atoms. The smallest absolute Gasteiger partial charge is 0.340 e. The third-order valence-electron chi connectivity index (χ3n) is 4.82. The van der Waals surface area contributed by atoms with Crippen molar-refractivity contribution in [3.8, 4) is 6.07 Å². The number of hydrogen-bond donors (Lipinski definition) is 3. The summed E-state index contributed by atoms with van der Waals surface area (Å²) in [6.07, 6.45) is -2.87. The zero-order valence-electron chi connectivity index (χ0n) is 16.6. The number of amides is 1. The molecule has 1 aromatic heterocycles. The summed E-state index contributed by atoms with van der Waals surface area (Å²) in [4.78, 5) is 19.4. The van der Waals surface area contributed by atoms with E-state index in [0.29, 0.717) is 35.5 Å². The number of fused-ring (bicyclic) bond motifs is 1. The van der Waals surface area contributed by atoms with Gasteiger partial charge >= 0.3 is 6.18 Å². The second-order valence-corrected chi connectivity index (χ2v) is 7.16. The molecular formula is C22H17F3N6O. The first-order valence-corrected chi connectivity index (χ1v) is 9.69. The molecule has 0 radical (unpaired) electrons. The van der Waals surface area contributed by atoms with E-state index >= 15 is 0 Å². The van der Waals surface area contributed by atoms with Gasteiger partial charge in [0.2, 0.25) is 11.9 Å².